The highest BCUT2D eigenvalue weighted by Crippen LogP contribution is 2.66. The van der Waals surface area contributed by atoms with Crippen LogP contribution < -0.4 is 0 Å². The zero-order valence-corrected chi connectivity index (χ0v) is 9.46. The topological polar surface area (TPSA) is 38.8 Å². The molecule has 3 atom stereocenters. The normalized spacial score (nSPS) is 41.6. The molecule has 2 rings (SSSR count). The maximum atomic E-state index is 11.5. The van der Waals surface area contributed by atoms with Gasteiger partial charge in [0.25, 0.3) is 0 Å². The number of hydrogen-bond acceptors (Lipinski definition) is 3. The molecule has 0 radical (unpaired) electrons. The van der Waals surface area contributed by atoms with Crippen LogP contribution in [0.2, 0.25) is 0 Å². The van der Waals surface area contributed by atoms with Crippen LogP contribution >= 0.6 is 0 Å². The summed E-state index contributed by atoms with van der Waals surface area (Å²) >= 11 is 0. The van der Waals surface area contributed by atoms with E-state index >= 15 is 0 Å². The summed E-state index contributed by atoms with van der Waals surface area (Å²) < 4.78 is 10.4. The van der Waals surface area contributed by atoms with Gasteiger partial charge >= 0.3 is 5.97 Å². The number of rotatable bonds is 2. The molecule has 0 aromatic heterocycles. The van der Waals surface area contributed by atoms with Crippen LogP contribution in [0.4, 0.5) is 0 Å². The van der Waals surface area contributed by atoms with Crippen molar-refractivity contribution in [2.24, 2.45) is 17.3 Å². The monoisotopic (exact) mass is 198 g/mol. The molecule has 3 heteroatoms. The Balaban J connectivity index is 2.07. The number of methoxy groups -OCH3 is 1. The predicted molar refractivity (Wildman–Crippen MR) is 51.7 cm³/mol. The van der Waals surface area contributed by atoms with E-state index in [2.05, 4.69) is 27.7 Å². The Bertz CT molecular complexity index is 280. The van der Waals surface area contributed by atoms with Gasteiger partial charge in [-0.15, -0.1) is 0 Å². The van der Waals surface area contributed by atoms with E-state index < -0.39 is 0 Å². The summed E-state index contributed by atoms with van der Waals surface area (Å²) in [5.41, 5.74) is 0.0102. The van der Waals surface area contributed by atoms with Gasteiger partial charge in [0.1, 0.15) is 0 Å². The van der Waals surface area contributed by atoms with E-state index in [-0.39, 0.29) is 29.0 Å². The van der Waals surface area contributed by atoms with Gasteiger partial charge in [0.2, 0.25) is 0 Å². The molecule has 0 N–H and O–H groups in total. The lowest BCUT2D eigenvalue weighted by atomic mass is 10.0. The standard InChI is InChI=1S/C11H18O3/c1-10(2)6(7(10)9(12)13-5)8-11(3,4)14-8/h6-8H,1-5H3/t6-,7-,8+/m0/s1. The fourth-order valence-corrected chi connectivity index (χ4v) is 2.62. The molecule has 1 heterocycles. The first-order valence-corrected chi connectivity index (χ1v) is 5.08. The van der Waals surface area contributed by atoms with Crippen molar-refractivity contribution in [3.8, 4) is 0 Å². The van der Waals surface area contributed by atoms with Crippen LogP contribution in [0.1, 0.15) is 27.7 Å². The molecule has 2 aliphatic rings. The molecule has 0 spiro atoms. The van der Waals surface area contributed by atoms with E-state index in [1.807, 2.05) is 0 Å². The van der Waals surface area contributed by atoms with Crippen molar-refractivity contribution < 1.29 is 14.3 Å². The Kier molecular flexibility index (Phi) is 1.79. The lowest BCUT2D eigenvalue weighted by molar-refractivity contribution is -0.143. The summed E-state index contributed by atoms with van der Waals surface area (Å²) in [6.07, 6.45) is 0.238. The number of hydrogen-bond donors (Lipinski definition) is 0. The van der Waals surface area contributed by atoms with Crippen molar-refractivity contribution in [1.82, 2.24) is 0 Å². The van der Waals surface area contributed by atoms with Gasteiger partial charge in [-0.25, -0.2) is 0 Å². The third kappa shape index (κ3) is 1.18. The molecule has 1 aliphatic carbocycles. The number of epoxide rings is 1. The van der Waals surface area contributed by atoms with Gasteiger partial charge in [-0.05, 0) is 19.3 Å². The quantitative estimate of drug-likeness (QED) is 0.500. The lowest BCUT2D eigenvalue weighted by Gasteiger charge is -1.99. The fourth-order valence-electron chi connectivity index (χ4n) is 2.62. The van der Waals surface area contributed by atoms with Crippen LogP contribution in [-0.2, 0) is 14.3 Å². The second kappa shape index (κ2) is 2.51. The first kappa shape index (κ1) is 9.97. The predicted octanol–water partition coefficient (Wildman–Crippen LogP) is 1.61. The van der Waals surface area contributed by atoms with Crippen molar-refractivity contribution in [1.29, 1.82) is 0 Å². The largest absolute Gasteiger partial charge is 0.469 e. The second-order valence-corrected chi connectivity index (χ2v) is 5.49. The van der Waals surface area contributed by atoms with Crippen LogP contribution in [0.25, 0.3) is 0 Å². The minimum absolute atomic E-state index is 0.0271. The zero-order chi connectivity index (χ0) is 10.7. The smallest absolute Gasteiger partial charge is 0.309 e. The number of esters is 1. The van der Waals surface area contributed by atoms with Crippen LogP contribution in [0.3, 0.4) is 0 Å². The van der Waals surface area contributed by atoms with Crippen LogP contribution in [0, 0.1) is 17.3 Å². The van der Waals surface area contributed by atoms with E-state index in [9.17, 15) is 4.79 Å². The zero-order valence-electron chi connectivity index (χ0n) is 9.46. The molecular formula is C11H18O3. The molecule has 0 amide bonds. The van der Waals surface area contributed by atoms with E-state index in [1.54, 1.807) is 0 Å². The summed E-state index contributed by atoms with van der Waals surface area (Å²) in [5.74, 6) is 0.274. The van der Waals surface area contributed by atoms with Crippen LogP contribution in [0.15, 0.2) is 0 Å². The van der Waals surface area contributed by atoms with Gasteiger partial charge in [0, 0.05) is 5.92 Å². The SMILES string of the molecule is COC(=O)[C@@H]1[C@@H]([C@H]2OC2(C)C)C1(C)C. The average molecular weight is 198 g/mol. The molecule has 0 bridgehead atoms. The summed E-state index contributed by atoms with van der Waals surface area (Å²) in [6, 6.07) is 0. The molecule has 1 saturated carbocycles. The Morgan fingerprint density at radius 2 is 1.79 bits per heavy atom. The van der Waals surface area contributed by atoms with Crippen molar-refractivity contribution in [3.63, 3.8) is 0 Å². The average Bonchev–Trinajstić information content (AvgIpc) is 2.84. The Labute approximate surface area is 84.8 Å². The molecule has 80 valence electrons. The first-order chi connectivity index (χ1) is 6.32. The third-order valence-electron chi connectivity index (χ3n) is 3.75. The van der Waals surface area contributed by atoms with E-state index in [0.717, 1.165) is 0 Å². The Hall–Kier alpha value is -0.570. The number of carbonyl (C=O) groups is 1. The maximum absolute atomic E-state index is 11.5. The molecule has 0 unspecified atom stereocenters. The number of carbonyl (C=O) groups excluding carboxylic acids is 1. The minimum atomic E-state index is -0.0914. The number of ether oxygens (including phenoxy) is 2. The van der Waals surface area contributed by atoms with Crippen molar-refractivity contribution >= 4 is 5.97 Å². The van der Waals surface area contributed by atoms with E-state index in [1.165, 1.54) is 7.11 Å². The van der Waals surface area contributed by atoms with Gasteiger partial charge in [-0.1, -0.05) is 13.8 Å². The molecule has 2 fully saturated rings. The summed E-state index contributed by atoms with van der Waals surface area (Å²) in [5, 5.41) is 0. The Morgan fingerprint density at radius 3 is 2.14 bits per heavy atom. The molecule has 0 aromatic carbocycles. The third-order valence-corrected chi connectivity index (χ3v) is 3.75. The summed E-state index contributed by atoms with van der Waals surface area (Å²) in [6.45, 7) is 8.36. The van der Waals surface area contributed by atoms with Crippen molar-refractivity contribution in [2.45, 2.75) is 39.4 Å². The van der Waals surface area contributed by atoms with Crippen molar-refractivity contribution in [3.05, 3.63) is 0 Å². The van der Waals surface area contributed by atoms with Gasteiger partial charge in [0.15, 0.2) is 0 Å². The molecule has 1 saturated heterocycles. The lowest BCUT2D eigenvalue weighted by Crippen LogP contribution is -2.10. The summed E-state index contributed by atoms with van der Waals surface area (Å²) in [7, 11) is 1.45. The van der Waals surface area contributed by atoms with E-state index in [0.29, 0.717) is 5.92 Å². The van der Waals surface area contributed by atoms with Gasteiger partial charge < -0.3 is 9.47 Å². The molecule has 3 nitrogen and oxygen atoms in total. The molecule has 14 heavy (non-hydrogen) atoms. The van der Waals surface area contributed by atoms with Gasteiger partial charge in [-0.3, -0.25) is 4.79 Å². The van der Waals surface area contributed by atoms with Crippen LogP contribution in [-0.4, -0.2) is 24.8 Å². The van der Waals surface area contributed by atoms with Crippen molar-refractivity contribution in [2.75, 3.05) is 7.11 Å². The molecule has 1 aliphatic heterocycles. The minimum Gasteiger partial charge on any atom is -0.469 e. The fraction of sp³-hybridized carbons (Fsp3) is 0.909. The first-order valence-electron chi connectivity index (χ1n) is 5.08. The molecular weight excluding hydrogens is 180 g/mol. The van der Waals surface area contributed by atoms with E-state index in [4.69, 9.17) is 9.47 Å². The van der Waals surface area contributed by atoms with Crippen LogP contribution in [0.5, 0.6) is 0 Å². The highest BCUT2D eigenvalue weighted by molar-refractivity contribution is 5.77. The highest BCUT2D eigenvalue weighted by atomic mass is 16.6. The summed E-state index contributed by atoms with van der Waals surface area (Å²) in [4.78, 5) is 11.5. The maximum Gasteiger partial charge on any atom is 0.309 e. The van der Waals surface area contributed by atoms with Gasteiger partial charge in [0.05, 0.1) is 24.7 Å². The Morgan fingerprint density at radius 1 is 1.29 bits per heavy atom. The molecule has 0 aromatic rings. The van der Waals surface area contributed by atoms with Gasteiger partial charge in [-0.2, -0.15) is 0 Å². The second-order valence-electron chi connectivity index (χ2n) is 5.49. The highest BCUT2D eigenvalue weighted by Gasteiger charge is 2.73.